The zero-order valence-corrected chi connectivity index (χ0v) is 63.1. The minimum atomic E-state index is -5.34. The van der Waals surface area contributed by atoms with Gasteiger partial charge in [0.25, 0.3) is 11.1 Å². The number of ether oxygens (including phenoxy) is 1. The summed E-state index contributed by atoms with van der Waals surface area (Å²) in [6.45, 7) is 27.1. The van der Waals surface area contributed by atoms with Gasteiger partial charge in [-0.2, -0.15) is 53.3 Å². The number of likely N-dealkylation sites (tertiary alicyclic amines) is 2. The van der Waals surface area contributed by atoms with Crippen LogP contribution in [-0.4, -0.2) is 98.9 Å². The summed E-state index contributed by atoms with van der Waals surface area (Å²) in [7, 11) is 0. The van der Waals surface area contributed by atoms with Crippen molar-refractivity contribution in [3.8, 4) is 22.3 Å². The quantitative estimate of drug-likeness (QED) is 0.0295. The number of carbonyl (C=O) groups is 4. The standard InChI is InChI=1S/C39H46F6N2O4.C37H42F6N2O4.Li.H2O.2H2S/c1-8-51-34(50)16-27(36-37(41)28(17-29(38(36)42)39(43,44)45)35-23(5)9-10-30(40)25(35)7)15-32(48)31(13-21(2)3)47-20-26(24(6)14-33(47)49)11-12-46-18-22(4)19-46;1-19(2)11-29(45-18-24(22(5)12-31(45)47)9-10-44-16-20(3)17-44)30(46)13-25(14-32(48)49)34-35(39)26(15-27(36(34)40)37(41,42)43)33-21(4)7-8-28(38)23(33)6;;;;/h9-10,14,17,20-22,27,31H,8,11-13,15-16,18-19H2,1-7H3;7-8,12,15,18-20,25,29H,9-11,13-14,16-17H2,1-6H3,(H,48,49);;3*1H2/q;;+1;;;/p-1/t27-,31?;25-,29?;;;;/m00..../s1. The number of benzene rings is 4. The number of nitrogens with zero attached hydrogens (tertiary/aromatic N) is 4. The van der Waals surface area contributed by atoms with Gasteiger partial charge in [0.05, 0.1) is 42.7 Å². The Bertz CT molecular complexity index is 4170. The molecule has 2 saturated heterocycles. The summed E-state index contributed by atoms with van der Waals surface area (Å²) in [6.07, 6.45) is -9.59. The van der Waals surface area contributed by atoms with Crippen molar-refractivity contribution in [2.45, 2.75) is 178 Å². The van der Waals surface area contributed by atoms with Crippen molar-refractivity contribution < 1.29 is 106 Å². The molecule has 0 aliphatic carbocycles. The summed E-state index contributed by atoms with van der Waals surface area (Å²) in [6, 6.07) is 5.68. The minimum absolute atomic E-state index is 0. The number of aromatic nitrogens is 2. The first kappa shape index (κ1) is 91.6. The fourth-order valence-electron chi connectivity index (χ4n) is 13.9. The molecule has 2 aliphatic rings. The van der Waals surface area contributed by atoms with E-state index in [1.54, 1.807) is 40.1 Å². The van der Waals surface area contributed by atoms with E-state index < -0.39 is 165 Å². The van der Waals surface area contributed by atoms with Crippen molar-refractivity contribution in [3.05, 3.63) is 183 Å². The number of rotatable bonds is 27. The number of alkyl halides is 6. The normalized spacial score (nSPS) is 14.7. The van der Waals surface area contributed by atoms with Crippen LogP contribution in [0.15, 0.2) is 70.5 Å². The Morgan fingerprint density at radius 2 is 0.885 bits per heavy atom. The Morgan fingerprint density at radius 1 is 0.538 bits per heavy atom. The van der Waals surface area contributed by atoms with Crippen molar-refractivity contribution >= 4 is 50.5 Å². The molecule has 104 heavy (non-hydrogen) atoms. The average Bonchev–Trinajstić information content (AvgIpc) is 0.755. The Kier molecular flexibility index (Phi) is 33.7. The SMILES string of the molecule is CCOC(=O)C[C@H](CC(=O)C(CC(C)C)n1cc(CCN2CC(C)C2)c(C)cc1=O)c1c(F)c(-c2c(C)ccc(F)c2C)cc(C(F)(F)F)c1F.Cc1cc(=O)n(C(CC(C)C)C(=O)C[C@@H](CC(=O)O)c2c(F)c(-c3c(C)ccc(F)c3C)cc(C(F)(F)F)c2F)cc1CCN1CC(C)C1.S.S.[Li+].[OH-]. The molecule has 0 saturated carbocycles. The van der Waals surface area contributed by atoms with Crippen LogP contribution in [0.5, 0.6) is 0 Å². The summed E-state index contributed by atoms with van der Waals surface area (Å²) in [5.41, 5.74) is -5.81. The third kappa shape index (κ3) is 22.0. The molecule has 0 amide bonds. The first-order valence-electron chi connectivity index (χ1n) is 33.6. The number of carboxylic acids is 1. The molecule has 2 unspecified atom stereocenters. The van der Waals surface area contributed by atoms with Crippen molar-refractivity contribution in [1.29, 1.82) is 0 Å². The van der Waals surface area contributed by atoms with Gasteiger partial charge in [0.1, 0.15) is 34.9 Å². The first-order chi connectivity index (χ1) is 46.6. The first-order valence-corrected chi connectivity index (χ1v) is 33.6. The van der Waals surface area contributed by atoms with E-state index in [1.165, 1.54) is 68.0 Å². The molecule has 0 radical (unpaired) electrons. The molecule has 4 atom stereocenters. The van der Waals surface area contributed by atoms with Gasteiger partial charge in [-0.1, -0.05) is 53.7 Å². The Labute approximate surface area is 624 Å². The summed E-state index contributed by atoms with van der Waals surface area (Å²) >= 11 is 0. The van der Waals surface area contributed by atoms with Crippen LogP contribution in [0.3, 0.4) is 0 Å². The molecule has 0 bridgehead atoms. The van der Waals surface area contributed by atoms with Crippen molar-refractivity contribution in [3.63, 3.8) is 0 Å². The molecule has 2 aliphatic heterocycles. The molecule has 2 N–H and O–H groups in total. The largest absolute Gasteiger partial charge is 1.00 e. The number of carboxylic acid groups (broad SMARTS) is 1. The second-order valence-corrected chi connectivity index (χ2v) is 28.1. The predicted molar refractivity (Wildman–Crippen MR) is 380 cm³/mol. The Hall–Kier alpha value is -6.60. The number of Topliss-reactive ketones (excluding diaryl/α,β-unsaturated/α-hetero) is 2. The van der Waals surface area contributed by atoms with Crippen molar-refractivity contribution in [2.24, 2.45) is 23.7 Å². The predicted octanol–water partition coefficient (Wildman–Crippen LogP) is 13.9. The number of aliphatic carboxylic acids is 1. The second-order valence-electron chi connectivity index (χ2n) is 28.1. The van der Waals surface area contributed by atoms with Gasteiger partial charge in [0.2, 0.25) is 0 Å². The number of halogens is 12. The summed E-state index contributed by atoms with van der Waals surface area (Å²) in [5.74, 6) is -15.5. The smallest absolute Gasteiger partial charge is 0.870 e. The third-order valence-corrected chi connectivity index (χ3v) is 19.0. The van der Waals surface area contributed by atoms with Gasteiger partial charge in [-0.05, 0) is 178 Å². The topological polar surface area (TPSA) is 178 Å². The zero-order valence-electron chi connectivity index (χ0n) is 61.1. The van der Waals surface area contributed by atoms with E-state index in [0.29, 0.717) is 30.7 Å². The van der Waals surface area contributed by atoms with Gasteiger partial charge >= 0.3 is 43.2 Å². The van der Waals surface area contributed by atoms with Crippen molar-refractivity contribution in [2.75, 3.05) is 45.9 Å². The van der Waals surface area contributed by atoms with Crippen LogP contribution in [0.25, 0.3) is 22.3 Å². The van der Waals surface area contributed by atoms with Gasteiger partial charge in [-0.15, -0.1) is 0 Å². The van der Waals surface area contributed by atoms with Crippen molar-refractivity contribution in [1.82, 2.24) is 18.9 Å². The van der Waals surface area contributed by atoms with Crippen LogP contribution in [0.2, 0.25) is 0 Å². The number of carbonyl (C=O) groups excluding carboxylic acids is 3. The van der Waals surface area contributed by atoms with Crippen LogP contribution < -0.4 is 30.0 Å². The number of esters is 1. The third-order valence-electron chi connectivity index (χ3n) is 19.0. The monoisotopic (exact) mass is 1500 g/mol. The van der Waals surface area contributed by atoms with E-state index in [9.17, 15) is 69.0 Å². The van der Waals surface area contributed by atoms with Gasteiger partial charge in [0, 0.05) is 111 Å². The van der Waals surface area contributed by atoms with Crippen LogP contribution in [-0.2, 0) is 49.1 Å². The van der Waals surface area contributed by atoms with Crippen LogP contribution >= 0.6 is 27.0 Å². The van der Waals surface area contributed by atoms with Gasteiger partial charge < -0.3 is 34.3 Å². The second kappa shape index (κ2) is 38.3. The summed E-state index contributed by atoms with van der Waals surface area (Å²) in [5, 5.41) is 9.75. The molecular formula is C76H93F12LiN4O9S2. The van der Waals surface area contributed by atoms with E-state index in [0.717, 1.165) is 73.7 Å². The maximum absolute atomic E-state index is 16.7. The molecule has 0 spiro atoms. The molecular weight excluding hydrogens is 1410 g/mol. The number of hydrogen-bond donors (Lipinski definition) is 1. The number of pyridine rings is 2. The average molecular weight is 1510 g/mol. The maximum Gasteiger partial charge on any atom is 1.00 e. The van der Waals surface area contributed by atoms with Gasteiger partial charge in [0.15, 0.2) is 11.6 Å². The van der Waals surface area contributed by atoms with E-state index in [4.69, 9.17) is 4.74 Å². The molecule has 8 rings (SSSR count). The van der Waals surface area contributed by atoms with Gasteiger partial charge in [-0.25, -0.2) is 26.3 Å². The summed E-state index contributed by atoms with van der Waals surface area (Å²) < 4.78 is 188. The Balaban J connectivity index is 0.000000521. The molecule has 6 aromatic rings. The molecule has 4 heterocycles. The number of hydrogen-bond acceptors (Lipinski definition) is 10. The van der Waals surface area contributed by atoms with Crippen LogP contribution in [0, 0.1) is 100 Å². The molecule has 2 fully saturated rings. The Morgan fingerprint density at radius 3 is 1.19 bits per heavy atom. The molecule has 13 nitrogen and oxygen atoms in total. The molecule has 4 aromatic carbocycles. The number of aryl methyl sites for hydroxylation is 4. The van der Waals surface area contributed by atoms with Crippen LogP contribution in [0.1, 0.15) is 178 Å². The number of ketones is 2. The van der Waals surface area contributed by atoms with Gasteiger partial charge in [-0.3, -0.25) is 28.8 Å². The van der Waals surface area contributed by atoms with E-state index in [1.807, 2.05) is 13.8 Å². The molecule has 568 valence electrons. The fourth-order valence-corrected chi connectivity index (χ4v) is 13.9. The van der Waals surface area contributed by atoms with E-state index in [-0.39, 0.29) is 122 Å². The summed E-state index contributed by atoms with van der Waals surface area (Å²) in [4.78, 5) is 84.4. The minimum Gasteiger partial charge on any atom is -0.870 e. The zero-order chi connectivity index (χ0) is 74.5. The van der Waals surface area contributed by atoms with E-state index in [2.05, 4.69) is 23.6 Å². The molecule has 28 heteroatoms. The molecule has 2 aromatic heterocycles. The van der Waals surface area contributed by atoms with Crippen LogP contribution in [0.4, 0.5) is 52.7 Å². The fraction of sp³-hybridized carbons (Fsp3) is 0.500. The van der Waals surface area contributed by atoms with E-state index >= 15 is 17.6 Å². The maximum atomic E-state index is 16.7.